The zero-order valence-corrected chi connectivity index (χ0v) is 12.6. The number of carbonyl (C=O) groups is 1. The smallest absolute Gasteiger partial charge is 0.383 e. The lowest BCUT2D eigenvalue weighted by Crippen LogP contribution is -2.47. The number of nitriles is 1. The highest BCUT2D eigenvalue weighted by atomic mass is 19.4. The quantitative estimate of drug-likeness (QED) is 0.803. The number of amides is 1. The zero-order chi connectivity index (χ0) is 16.8. The second-order valence-corrected chi connectivity index (χ2v) is 5.48. The first-order chi connectivity index (χ1) is 10.3. The molecule has 0 aromatic heterocycles. The van der Waals surface area contributed by atoms with E-state index in [1.54, 1.807) is 9.80 Å². The summed E-state index contributed by atoms with van der Waals surface area (Å²) in [4.78, 5) is 15.4. The molecule has 0 bridgehead atoms. The van der Waals surface area contributed by atoms with Crippen molar-refractivity contribution < 1.29 is 23.1 Å². The van der Waals surface area contributed by atoms with Crippen LogP contribution in [-0.2, 0) is 4.79 Å². The maximum Gasteiger partial charge on any atom is 0.414 e. The van der Waals surface area contributed by atoms with Gasteiger partial charge in [-0.05, 0) is 38.8 Å². The minimum atomic E-state index is -4.58. The average Bonchev–Trinajstić information content (AvgIpc) is 2.47. The molecule has 1 amide bonds. The van der Waals surface area contributed by atoms with E-state index in [-0.39, 0.29) is 31.7 Å². The molecule has 0 saturated carbocycles. The first-order valence-corrected chi connectivity index (χ1v) is 7.41. The van der Waals surface area contributed by atoms with Crippen molar-refractivity contribution in [2.24, 2.45) is 5.92 Å². The molecule has 0 aromatic rings. The van der Waals surface area contributed by atoms with Crippen LogP contribution in [0.3, 0.4) is 0 Å². The van der Waals surface area contributed by atoms with E-state index in [1.807, 2.05) is 13.0 Å². The SMILES string of the molecule is CCN(CCC#N)C(=O)CN1CCC(C(O)C(F)(F)F)CC1. The number of hydrogen-bond donors (Lipinski definition) is 1. The first-order valence-electron chi connectivity index (χ1n) is 7.41. The molecule has 1 rings (SSSR count). The van der Waals surface area contributed by atoms with Crippen LogP contribution in [0.4, 0.5) is 13.2 Å². The summed E-state index contributed by atoms with van der Waals surface area (Å²) in [5.74, 6) is -0.917. The van der Waals surface area contributed by atoms with Crippen molar-refractivity contribution in [3.8, 4) is 6.07 Å². The number of likely N-dealkylation sites (tertiary alicyclic amines) is 1. The van der Waals surface area contributed by atoms with Crippen LogP contribution in [0, 0.1) is 17.2 Å². The minimum Gasteiger partial charge on any atom is -0.383 e. The molecule has 1 N–H and O–H groups in total. The molecular weight excluding hydrogens is 299 g/mol. The zero-order valence-electron chi connectivity index (χ0n) is 12.6. The van der Waals surface area contributed by atoms with E-state index in [0.717, 1.165) is 0 Å². The summed E-state index contributed by atoms with van der Waals surface area (Å²) in [6.45, 7) is 3.56. The Morgan fingerprint density at radius 1 is 1.45 bits per heavy atom. The second kappa shape index (κ2) is 8.34. The number of likely N-dealkylation sites (N-methyl/N-ethyl adjacent to an activating group) is 1. The second-order valence-electron chi connectivity index (χ2n) is 5.48. The topological polar surface area (TPSA) is 67.6 Å². The van der Waals surface area contributed by atoms with Crippen LogP contribution in [0.15, 0.2) is 0 Å². The molecule has 1 aliphatic heterocycles. The van der Waals surface area contributed by atoms with Gasteiger partial charge < -0.3 is 10.0 Å². The maximum atomic E-state index is 12.5. The summed E-state index contributed by atoms with van der Waals surface area (Å²) < 4.78 is 37.4. The third-order valence-corrected chi connectivity index (χ3v) is 4.00. The summed E-state index contributed by atoms with van der Waals surface area (Å²) in [7, 11) is 0. The molecule has 1 saturated heterocycles. The fourth-order valence-corrected chi connectivity index (χ4v) is 2.63. The summed E-state index contributed by atoms with van der Waals surface area (Å²) >= 11 is 0. The molecule has 1 fully saturated rings. The molecule has 22 heavy (non-hydrogen) atoms. The van der Waals surface area contributed by atoms with Crippen molar-refractivity contribution in [3.05, 3.63) is 0 Å². The largest absolute Gasteiger partial charge is 0.414 e. The van der Waals surface area contributed by atoms with Crippen molar-refractivity contribution >= 4 is 5.91 Å². The van der Waals surface area contributed by atoms with Crippen LogP contribution in [0.5, 0.6) is 0 Å². The number of aliphatic hydroxyl groups excluding tert-OH is 1. The Morgan fingerprint density at radius 2 is 2.05 bits per heavy atom. The van der Waals surface area contributed by atoms with Crippen molar-refractivity contribution in [1.29, 1.82) is 5.26 Å². The average molecular weight is 321 g/mol. The first kappa shape index (κ1) is 18.7. The normalized spacial score (nSPS) is 18.7. The Balaban J connectivity index is 2.42. The lowest BCUT2D eigenvalue weighted by atomic mass is 9.91. The molecule has 0 aromatic carbocycles. The van der Waals surface area contributed by atoms with E-state index in [1.165, 1.54) is 0 Å². The van der Waals surface area contributed by atoms with E-state index >= 15 is 0 Å². The van der Waals surface area contributed by atoms with Crippen LogP contribution in [0.1, 0.15) is 26.2 Å². The summed E-state index contributed by atoms with van der Waals surface area (Å²) in [6.07, 6.45) is -6.16. The van der Waals surface area contributed by atoms with Crippen LogP contribution >= 0.6 is 0 Å². The van der Waals surface area contributed by atoms with E-state index in [0.29, 0.717) is 26.2 Å². The van der Waals surface area contributed by atoms with Crippen molar-refractivity contribution in [2.75, 3.05) is 32.7 Å². The fourth-order valence-electron chi connectivity index (χ4n) is 2.63. The Labute approximate surface area is 128 Å². The van der Waals surface area contributed by atoms with Gasteiger partial charge in [-0.2, -0.15) is 18.4 Å². The third-order valence-electron chi connectivity index (χ3n) is 4.00. The number of piperidine rings is 1. The summed E-state index contributed by atoms with van der Waals surface area (Å²) in [5.41, 5.74) is 0. The standard InChI is InChI=1S/C14H22F3N3O2/c1-2-20(7-3-6-18)12(21)10-19-8-4-11(5-9-19)13(22)14(15,16)17/h11,13,22H,2-5,7-10H2,1H3. The molecule has 126 valence electrons. The van der Waals surface area contributed by atoms with E-state index < -0.39 is 18.2 Å². The van der Waals surface area contributed by atoms with Gasteiger partial charge in [-0.3, -0.25) is 9.69 Å². The van der Waals surface area contributed by atoms with E-state index in [9.17, 15) is 23.1 Å². The highest BCUT2D eigenvalue weighted by Gasteiger charge is 2.44. The number of nitrogens with zero attached hydrogens (tertiary/aromatic N) is 3. The number of carbonyl (C=O) groups excluding carboxylic acids is 1. The van der Waals surface area contributed by atoms with Gasteiger partial charge >= 0.3 is 6.18 Å². The number of halogens is 3. The van der Waals surface area contributed by atoms with Gasteiger partial charge in [-0.25, -0.2) is 0 Å². The molecule has 1 heterocycles. The highest BCUT2D eigenvalue weighted by Crippen LogP contribution is 2.31. The van der Waals surface area contributed by atoms with Gasteiger partial charge in [-0.1, -0.05) is 0 Å². The van der Waals surface area contributed by atoms with Crippen LogP contribution in [0.2, 0.25) is 0 Å². The molecule has 1 aliphatic rings. The number of rotatable bonds is 6. The summed E-state index contributed by atoms with van der Waals surface area (Å²) in [5, 5.41) is 17.8. The maximum absolute atomic E-state index is 12.5. The molecule has 1 unspecified atom stereocenters. The van der Waals surface area contributed by atoms with Gasteiger partial charge in [0.05, 0.1) is 19.0 Å². The van der Waals surface area contributed by atoms with Gasteiger partial charge in [0.2, 0.25) is 5.91 Å². The fraction of sp³-hybridized carbons (Fsp3) is 0.857. The van der Waals surface area contributed by atoms with Crippen LogP contribution < -0.4 is 0 Å². The molecule has 0 aliphatic carbocycles. The Hall–Kier alpha value is -1.33. The van der Waals surface area contributed by atoms with Crippen molar-refractivity contribution in [2.45, 2.75) is 38.5 Å². The van der Waals surface area contributed by atoms with E-state index in [2.05, 4.69) is 0 Å². The van der Waals surface area contributed by atoms with Gasteiger partial charge in [0.15, 0.2) is 6.10 Å². The van der Waals surface area contributed by atoms with Gasteiger partial charge in [0.25, 0.3) is 0 Å². The van der Waals surface area contributed by atoms with E-state index in [4.69, 9.17) is 5.26 Å². The number of hydrogen-bond acceptors (Lipinski definition) is 4. The van der Waals surface area contributed by atoms with Crippen LogP contribution in [-0.4, -0.2) is 65.8 Å². The highest BCUT2D eigenvalue weighted by molar-refractivity contribution is 5.78. The van der Waals surface area contributed by atoms with Crippen LogP contribution in [0.25, 0.3) is 0 Å². The van der Waals surface area contributed by atoms with Gasteiger partial charge in [0, 0.05) is 13.1 Å². The third kappa shape index (κ3) is 5.46. The molecular formula is C14H22F3N3O2. The van der Waals surface area contributed by atoms with Gasteiger partial charge in [0.1, 0.15) is 0 Å². The predicted octanol–water partition coefficient (Wildman–Crippen LogP) is 1.38. The summed E-state index contributed by atoms with van der Waals surface area (Å²) in [6, 6.07) is 1.98. The monoisotopic (exact) mass is 321 g/mol. The molecule has 0 spiro atoms. The molecule has 5 nitrogen and oxygen atoms in total. The van der Waals surface area contributed by atoms with Crippen molar-refractivity contribution in [3.63, 3.8) is 0 Å². The number of aliphatic hydroxyl groups is 1. The van der Waals surface area contributed by atoms with Gasteiger partial charge in [-0.15, -0.1) is 0 Å². The lowest BCUT2D eigenvalue weighted by molar-refractivity contribution is -0.223. The molecule has 8 heteroatoms. The minimum absolute atomic E-state index is 0.118. The Morgan fingerprint density at radius 3 is 2.50 bits per heavy atom. The van der Waals surface area contributed by atoms with Crippen molar-refractivity contribution in [1.82, 2.24) is 9.80 Å². The Kier molecular flexibility index (Phi) is 7.10. The number of alkyl halides is 3. The molecule has 1 atom stereocenters. The Bertz CT molecular complexity index is 401. The predicted molar refractivity (Wildman–Crippen MR) is 73.7 cm³/mol. The lowest BCUT2D eigenvalue weighted by Gasteiger charge is -2.35. The molecule has 0 radical (unpaired) electrons.